The Labute approximate surface area is 231 Å². The summed E-state index contributed by atoms with van der Waals surface area (Å²) < 4.78 is 134. The number of halogens is 3. The molecule has 5 nitrogen and oxygen atoms in total. The highest BCUT2D eigenvalue weighted by Gasteiger charge is 2.36. The summed E-state index contributed by atoms with van der Waals surface area (Å²) in [6.07, 6.45) is -24.4. The number of oxime groups is 1. The summed E-state index contributed by atoms with van der Waals surface area (Å²) in [7, 11) is 0. The van der Waals surface area contributed by atoms with Gasteiger partial charge in [0.1, 0.15) is 6.61 Å². The Kier molecular flexibility index (Phi) is 5.10. The SMILES string of the molecule is [2H]C1([2H])C([2H])([2H])C([2H])([2H])C([2H])(c2ccc(CO/N=C(\C)c3ccc(CN4CC(C(=O)O)C4)c(CC)c3)cc2C(F)(F)F)C([2H])([2H])C1([2H])[2H]. The summed E-state index contributed by atoms with van der Waals surface area (Å²) in [6.45, 7) is 4.50. The average Bonchev–Trinajstić information content (AvgIpc) is 2.96. The lowest BCUT2D eigenvalue weighted by molar-refractivity contribution is -0.147. The predicted molar refractivity (Wildman–Crippen MR) is 136 cm³/mol. The number of benzene rings is 2. The molecule has 0 aromatic heterocycles. The van der Waals surface area contributed by atoms with Crippen molar-refractivity contribution in [3.05, 3.63) is 69.8 Å². The van der Waals surface area contributed by atoms with E-state index in [9.17, 15) is 18.0 Å². The van der Waals surface area contributed by atoms with E-state index in [0.29, 0.717) is 49.5 Å². The van der Waals surface area contributed by atoms with Crippen molar-refractivity contribution in [2.45, 2.75) is 77.4 Å². The zero-order valence-electron chi connectivity index (χ0n) is 31.4. The molecule has 0 amide bonds. The van der Waals surface area contributed by atoms with Crippen LogP contribution in [0.15, 0.2) is 41.6 Å². The van der Waals surface area contributed by atoms with E-state index in [1.807, 2.05) is 24.0 Å². The van der Waals surface area contributed by atoms with Crippen molar-refractivity contribution in [3.8, 4) is 0 Å². The minimum atomic E-state index is -5.34. The maximum absolute atomic E-state index is 14.4. The molecule has 1 saturated carbocycles. The van der Waals surface area contributed by atoms with Crippen LogP contribution in [0.5, 0.6) is 0 Å². The maximum Gasteiger partial charge on any atom is 0.416 e. The molecule has 1 saturated heterocycles. The third-order valence-corrected chi connectivity index (χ3v) is 6.30. The Hall–Kier alpha value is -2.87. The van der Waals surface area contributed by atoms with E-state index in [1.165, 1.54) is 0 Å². The topological polar surface area (TPSA) is 62.1 Å². The average molecular weight is 528 g/mol. The number of aryl methyl sites for hydroxylation is 1. The second-order valence-corrected chi connectivity index (χ2v) is 8.89. The van der Waals surface area contributed by atoms with Crippen molar-refractivity contribution in [2.75, 3.05) is 13.1 Å². The molecule has 2 aromatic rings. The first-order chi connectivity index (χ1) is 21.8. The van der Waals surface area contributed by atoms with Gasteiger partial charge in [-0.15, -0.1) is 0 Å². The largest absolute Gasteiger partial charge is 0.481 e. The number of carbonyl (C=O) groups is 1. The van der Waals surface area contributed by atoms with Crippen LogP contribution < -0.4 is 0 Å². The molecule has 0 unspecified atom stereocenters. The normalized spacial score (nSPS) is 30.1. The monoisotopic (exact) mass is 527 g/mol. The first kappa shape index (κ1) is 16.2. The van der Waals surface area contributed by atoms with Gasteiger partial charge in [-0.25, -0.2) is 0 Å². The molecule has 200 valence electrons. The number of carboxylic acids is 1. The van der Waals surface area contributed by atoms with Crippen LogP contribution in [-0.4, -0.2) is 34.8 Å². The van der Waals surface area contributed by atoms with Gasteiger partial charge in [-0.1, -0.05) is 55.5 Å². The molecule has 1 aliphatic heterocycles. The minimum absolute atomic E-state index is 0.177. The molecule has 2 fully saturated rings. The number of likely N-dealkylation sites (tertiary alicyclic amines) is 1. The van der Waals surface area contributed by atoms with Crippen LogP contribution in [-0.2, 0) is 35.4 Å². The fraction of sp³-hybridized carbons (Fsp3) is 0.517. The molecule has 2 aromatic carbocycles. The molecular formula is C29H35F3N2O3. The van der Waals surface area contributed by atoms with Gasteiger partial charge < -0.3 is 9.94 Å². The second kappa shape index (κ2) is 11.7. The number of carboxylic acid groups (broad SMARTS) is 1. The molecule has 2 aliphatic rings. The Morgan fingerprint density at radius 1 is 1.16 bits per heavy atom. The van der Waals surface area contributed by atoms with E-state index in [2.05, 4.69) is 5.16 Å². The van der Waals surface area contributed by atoms with Gasteiger partial charge in [-0.2, -0.15) is 13.2 Å². The lowest BCUT2D eigenvalue weighted by atomic mass is 9.81. The van der Waals surface area contributed by atoms with Gasteiger partial charge in [-0.3, -0.25) is 9.69 Å². The number of nitrogens with zero attached hydrogens (tertiary/aromatic N) is 2. The van der Waals surface area contributed by atoms with Crippen LogP contribution in [0.3, 0.4) is 0 Å². The van der Waals surface area contributed by atoms with Crippen LogP contribution in [0, 0.1) is 5.92 Å². The number of aliphatic carboxylic acids is 1. The first-order valence-electron chi connectivity index (χ1n) is 17.2. The maximum atomic E-state index is 14.4. The van der Waals surface area contributed by atoms with Gasteiger partial charge in [0.25, 0.3) is 0 Å². The van der Waals surface area contributed by atoms with E-state index in [1.54, 1.807) is 13.0 Å². The highest BCUT2D eigenvalue weighted by molar-refractivity contribution is 5.98. The number of alkyl halides is 3. The zero-order valence-corrected chi connectivity index (χ0v) is 20.4. The molecule has 0 atom stereocenters. The Balaban J connectivity index is 1.62. The van der Waals surface area contributed by atoms with E-state index in [-0.39, 0.29) is 11.5 Å². The molecule has 0 radical (unpaired) electrons. The fourth-order valence-electron chi connectivity index (χ4n) is 4.21. The van der Waals surface area contributed by atoms with Crippen LogP contribution in [0.25, 0.3) is 0 Å². The molecule has 1 N–H and O–H groups in total. The fourth-order valence-corrected chi connectivity index (χ4v) is 4.21. The van der Waals surface area contributed by atoms with Crippen LogP contribution in [0.2, 0.25) is 0 Å². The van der Waals surface area contributed by atoms with Crippen LogP contribution in [0.4, 0.5) is 13.2 Å². The van der Waals surface area contributed by atoms with E-state index in [0.717, 1.165) is 17.2 Å². The van der Waals surface area contributed by atoms with Gasteiger partial charge in [-0.05, 0) is 71.9 Å². The lowest BCUT2D eigenvalue weighted by Crippen LogP contribution is -2.49. The quantitative estimate of drug-likeness (QED) is 0.289. The smallest absolute Gasteiger partial charge is 0.416 e. The summed E-state index contributed by atoms with van der Waals surface area (Å²) in [5.74, 6) is -5.12. The highest BCUT2D eigenvalue weighted by atomic mass is 19.4. The third-order valence-electron chi connectivity index (χ3n) is 6.30. The standard InChI is InChI=1S/C29H35F3N2O3/c1-3-21-14-23(10-11-24(21)15-34-16-25(17-34)28(35)36)19(2)33-37-18-20-9-12-26(22-7-5-4-6-8-22)27(13-20)29(30,31)32/h9-14,22,25H,3-8,15-18H2,1-2H3,(H,35,36)/b33-19+/i4D2,5D2,6D2,7D2,8D2,22D. The highest BCUT2D eigenvalue weighted by Crippen LogP contribution is 2.41. The van der Waals surface area contributed by atoms with Gasteiger partial charge in [0, 0.05) is 34.7 Å². The Morgan fingerprint density at radius 3 is 2.54 bits per heavy atom. The lowest BCUT2D eigenvalue weighted by Gasteiger charge is -2.37. The van der Waals surface area contributed by atoms with Gasteiger partial charge >= 0.3 is 12.1 Å². The van der Waals surface area contributed by atoms with E-state index >= 15 is 0 Å². The van der Waals surface area contributed by atoms with Crippen LogP contribution >= 0.6 is 0 Å². The van der Waals surface area contributed by atoms with Crippen molar-refractivity contribution in [2.24, 2.45) is 11.1 Å². The summed E-state index contributed by atoms with van der Waals surface area (Å²) in [4.78, 5) is 18.4. The summed E-state index contributed by atoms with van der Waals surface area (Å²) in [5.41, 5.74) is -0.277. The molecule has 1 heterocycles. The molecule has 8 heteroatoms. The molecule has 0 bridgehead atoms. The van der Waals surface area contributed by atoms with Crippen molar-refractivity contribution >= 4 is 11.7 Å². The van der Waals surface area contributed by atoms with E-state index < -0.39 is 67.6 Å². The second-order valence-electron chi connectivity index (χ2n) is 8.89. The summed E-state index contributed by atoms with van der Waals surface area (Å²) in [6, 6.07) is 7.54. The van der Waals surface area contributed by atoms with Crippen molar-refractivity contribution < 1.29 is 43.0 Å². The van der Waals surface area contributed by atoms with Gasteiger partial charge in [0.15, 0.2) is 0 Å². The van der Waals surface area contributed by atoms with Crippen LogP contribution in [0.1, 0.15) is 100 Å². The minimum Gasteiger partial charge on any atom is -0.481 e. The third kappa shape index (κ3) is 6.72. The molecular weight excluding hydrogens is 481 g/mol. The molecule has 1 aliphatic carbocycles. The van der Waals surface area contributed by atoms with Crippen molar-refractivity contribution in [3.63, 3.8) is 0 Å². The summed E-state index contributed by atoms with van der Waals surface area (Å²) in [5, 5.41) is 13.1. The predicted octanol–water partition coefficient (Wildman–Crippen LogP) is 6.77. The first-order valence-corrected chi connectivity index (χ1v) is 11.7. The molecule has 0 spiro atoms. The van der Waals surface area contributed by atoms with Gasteiger partial charge in [0.05, 0.1) is 17.2 Å². The number of hydrogen-bond acceptors (Lipinski definition) is 4. The van der Waals surface area contributed by atoms with Gasteiger partial charge in [0.2, 0.25) is 0 Å². The zero-order chi connectivity index (χ0) is 36.5. The number of hydrogen-bond donors (Lipinski definition) is 1. The Morgan fingerprint density at radius 2 is 1.89 bits per heavy atom. The van der Waals surface area contributed by atoms with E-state index in [4.69, 9.17) is 25.0 Å². The Bertz CT molecular complexity index is 1580. The molecule has 37 heavy (non-hydrogen) atoms. The number of rotatable bonds is 9. The van der Waals surface area contributed by atoms with Crippen molar-refractivity contribution in [1.82, 2.24) is 4.90 Å². The van der Waals surface area contributed by atoms with Crippen molar-refractivity contribution in [1.29, 1.82) is 0 Å². The molecule has 4 rings (SSSR count). The summed E-state index contributed by atoms with van der Waals surface area (Å²) >= 11 is 0.